The average molecular weight is 867 g/mol. The van der Waals surface area contributed by atoms with Crippen LogP contribution in [0.2, 0.25) is 0 Å². The van der Waals surface area contributed by atoms with Gasteiger partial charge in [-0.1, -0.05) is 48.5 Å². The van der Waals surface area contributed by atoms with Crippen molar-refractivity contribution in [3.8, 4) is 46.0 Å². The molecule has 4 aromatic carbocycles. The van der Waals surface area contributed by atoms with Crippen LogP contribution < -0.4 is 28.4 Å². The number of hydrogen-bond donors (Lipinski definition) is 0. The van der Waals surface area contributed by atoms with Crippen molar-refractivity contribution in [3.05, 3.63) is 185 Å². The molecule has 2 aliphatic heterocycles. The summed E-state index contributed by atoms with van der Waals surface area (Å²) in [6.07, 6.45) is 0. The van der Waals surface area contributed by atoms with Crippen molar-refractivity contribution in [1.82, 2.24) is 0 Å². The molecule has 0 atom stereocenters. The first-order valence-corrected chi connectivity index (χ1v) is 21.8. The van der Waals surface area contributed by atoms with Crippen LogP contribution in [0.15, 0.2) is 143 Å². The summed E-state index contributed by atoms with van der Waals surface area (Å²) >= 11 is 5.10. The first-order valence-electron chi connectivity index (χ1n) is 18.3. The molecule has 10 nitrogen and oxygen atoms in total. The van der Waals surface area contributed by atoms with Gasteiger partial charge in [-0.2, -0.15) is 0 Å². The Balaban J connectivity index is 1.09. The van der Waals surface area contributed by atoms with Gasteiger partial charge in [-0.15, -0.1) is 45.3 Å². The van der Waals surface area contributed by atoms with Gasteiger partial charge in [0.15, 0.2) is 0 Å². The molecule has 0 aliphatic carbocycles. The van der Waals surface area contributed by atoms with Crippen molar-refractivity contribution in [1.29, 1.82) is 0 Å². The number of carbonyl (C=O) groups excluding carboxylic acids is 4. The molecule has 14 heteroatoms. The number of thiophene rings is 4. The van der Waals surface area contributed by atoms with Crippen molar-refractivity contribution < 1.29 is 47.6 Å². The standard InChI is InChI=1S/C46H26O10S4/c47-43(37-5-1-17-57-37)51-25-9-13-29-33(21-25)55-34-22-26(52-44(48)38-6-2-18-58-38)10-14-30(34)41(29)42-31-15-11-27(53-45(49)39-7-3-19-59-39)23-35(31)56-36-24-28(12-16-32(36)42)54-46(50)40-8-4-20-60-40/h1-24,41-42H. The van der Waals surface area contributed by atoms with Gasteiger partial charge in [-0.25, -0.2) is 19.2 Å². The quantitative estimate of drug-likeness (QED) is 0.102. The van der Waals surface area contributed by atoms with E-state index in [1.807, 2.05) is 24.3 Å². The Morgan fingerprint density at radius 2 is 0.617 bits per heavy atom. The zero-order valence-electron chi connectivity index (χ0n) is 30.7. The van der Waals surface area contributed by atoms with Gasteiger partial charge in [-0.3, -0.25) is 0 Å². The van der Waals surface area contributed by atoms with Gasteiger partial charge in [-0.05, 0) is 70.1 Å². The number of rotatable bonds is 9. The van der Waals surface area contributed by atoms with E-state index in [2.05, 4.69) is 0 Å². The lowest BCUT2D eigenvalue weighted by Crippen LogP contribution is -2.22. The lowest BCUT2D eigenvalue weighted by Gasteiger charge is -2.38. The molecule has 0 bridgehead atoms. The van der Waals surface area contributed by atoms with Crippen LogP contribution >= 0.6 is 45.3 Å². The SMILES string of the molecule is O=C(Oc1ccc2c(c1)Oc1cc(OC(=O)c3cccs3)ccc1C2C1c2ccc(OC(=O)c3cccs3)cc2Oc2cc(OC(=O)c3cccs3)ccc21)c1cccs1. The third kappa shape index (κ3) is 7.26. The van der Waals surface area contributed by atoms with Gasteiger partial charge in [0.25, 0.3) is 0 Å². The zero-order chi connectivity index (χ0) is 40.7. The van der Waals surface area contributed by atoms with Crippen LogP contribution in [0.4, 0.5) is 0 Å². The molecule has 4 aromatic heterocycles. The highest BCUT2D eigenvalue weighted by Gasteiger charge is 2.41. The second-order valence-corrected chi connectivity index (χ2v) is 17.2. The number of benzene rings is 4. The Morgan fingerprint density at radius 1 is 0.367 bits per heavy atom. The minimum absolute atomic E-state index is 0.275. The van der Waals surface area contributed by atoms with E-state index in [4.69, 9.17) is 28.4 Å². The highest BCUT2D eigenvalue weighted by atomic mass is 32.1. The highest BCUT2D eigenvalue weighted by molar-refractivity contribution is 7.12. The number of hydrogen-bond acceptors (Lipinski definition) is 14. The normalized spacial score (nSPS) is 12.7. The van der Waals surface area contributed by atoms with Gasteiger partial charge in [0.05, 0.1) is 0 Å². The van der Waals surface area contributed by atoms with Gasteiger partial charge in [0.1, 0.15) is 65.5 Å². The maximum absolute atomic E-state index is 13.0. The minimum atomic E-state index is -0.501. The smallest absolute Gasteiger partial charge is 0.353 e. The van der Waals surface area contributed by atoms with Crippen LogP contribution in [0.1, 0.15) is 72.8 Å². The molecule has 0 unspecified atom stereocenters. The Morgan fingerprint density at radius 3 is 0.833 bits per heavy atom. The van der Waals surface area contributed by atoms with Crippen molar-refractivity contribution in [2.45, 2.75) is 11.8 Å². The van der Waals surface area contributed by atoms with E-state index in [9.17, 15) is 19.2 Å². The molecule has 2 aliphatic rings. The fourth-order valence-corrected chi connectivity index (χ4v) is 9.59. The first-order chi connectivity index (χ1) is 29.3. The summed E-state index contributed by atoms with van der Waals surface area (Å²) in [5, 5.41) is 7.20. The molecule has 60 heavy (non-hydrogen) atoms. The third-order valence-electron chi connectivity index (χ3n) is 9.79. The summed E-state index contributed by atoms with van der Waals surface area (Å²) in [7, 11) is 0. The summed E-state index contributed by atoms with van der Waals surface area (Å²) in [5.41, 5.74) is 3.08. The summed E-state index contributed by atoms with van der Waals surface area (Å²) in [6.45, 7) is 0. The number of ether oxygens (including phenoxy) is 6. The summed E-state index contributed by atoms with van der Waals surface area (Å²) in [5.74, 6) is -0.155. The molecule has 0 radical (unpaired) electrons. The molecule has 0 N–H and O–H groups in total. The second-order valence-electron chi connectivity index (χ2n) is 13.4. The van der Waals surface area contributed by atoms with Crippen LogP contribution in [0.3, 0.4) is 0 Å². The number of fused-ring (bicyclic) bond motifs is 4. The van der Waals surface area contributed by atoms with Crippen LogP contribution in [-0.4, -0.2) is 23.9 Å². The first kappa shape index (κ1) is 37.4. The fraction of sp³-hybridized carbons (Fsp3) is 0.0435. The highest BCUT2D eigenvalue weighted by Crippen LogP contribution is 2.59. The number of esters is 4. The number of carbonyl (C=O) groups is 4. The minimum Gasteiger partial charge on any atom is -0.456 e. The Hall–Kier alpha value is -6.84. The molecule has 10 rings (SSSR count). The molecule has 0 fully saturated rings. The molecular formula is C46H26O10S4. The van der Waals surface area contributed by atoms with E-state index in [0.29, 0.717) is 42.5 Å². The van der Waals surface area contributed by atoms with Crippen LogP contribution in [0.25, 0.3) is 0 Å². The predicted molar refractivity (Wildman–Crippen MR) is 227 cm³/mol. The maximum Gasteiger partial charge on any atom is 0.353 e. The average Bonchev–Trinajstić information content (AvgIpc) is 4.10. The van der Waals surface area contributed by atoms with Crippen molar-refractivity contribution in [3.63, 3.8) is 0 Å². The van der Waals surface area contributed by atoms with Crippen LogP contribution in [0, 0.1) is 0 Å². The van der Waals surface area contributed by atoms with Gasteiger partial charge in [0, 0.05) is 58.4 Å². The molecule has 0 amide bonds. The Labute approximate surface area is 357 Å². The summed E-state index contributed by atoms with van der Waals surface area (Å²) in [6, 6.07) is 34.9. The van der Waals surface area contributed by atoms with Gasteiger partial charge >= 0.3 is 23.9 Å². The van der Waals surface area contributed by atoms with E-state index < -0.39 is 35.7 Å². The van der Waals surface area contributed by atoms with Gasteiger partial charge in [0.2, 0.25) is 0 Å². The third-order valence-corrected chi connectivity index (χ3v) is 13.2. The fourth-order valence-electron chi connectivity index (χ4n) is 7.19. The summed E-state index contributed by atoms with van der Waals surface area (Å²) < 4.78 is 36.3. The molecule has 0 spiro atoms. The van der Waals surface area contributed by atoms with Gasteiger partial charge < -0.3 is 28.4 Å². The van der Waals surface area contributed by atoms with E-state index in [0.717, 1.165) is 22.3 Å². The van der Waals surface area contributed by atoms with E-state index in [-0.39, 0.29) is 23.0 Å². The molecule has 6 heterocycles. The second kappa shape index (κ2) is 15.7. The van der Waals surface area contributed by atoms with E-state index >= 15 is 0 Å². The monoisotopic (exact) mass is 866 g/mol. The van der Waals surface area contributed by atoms with Crippen molar-refractivity contribution in [2.75, 3.05) is 0 Å². The molecule has 0 saturated heterocycles. The summed E-state index contributed by atoms with van der Waals surface area (Å²) in [4.78, 5) is 53.9. The van der Waals surface area contributed by atoms with Crippen molar-refractivity contribution in [2.24, 2.45) is 0 Å². The van der Waals surface area contributed by atoms with Crippen LogP contribution in [-0.2, 0) is 0 Å². The predicted octanol–water partition coefficient (Wildman–Crippen LogP) is 12.0. The van der Waals surface area contributed by atoms with Crippen LogP contribution in [0.5, 0.6) is 46.0 Å². The lowest BCUT2D eigenvalue weighted by atomic mass is 9.71. The molecule has 294 valence electrons. The zero-order valence-corrected chi connectivity index (χ0v) is 34.0. The Bertz CT molecular complexity index is 2520. The lowest BCUT2D eigenvalue weighted by molar-refractivity contribution is 0.0729. The molecular weight excluding hydrogens is 841 g/mol. The molecule has 0 saturated carbocycles. The molecule has 8 aromatic rings. The topological polar surface area (TPSA) is 124 Å². The maximum atomic E-state index is 13.0. The van der Waals surface area contributed by atoms with Crippen molar-refractivity contribution >= 4 is 69.2 Å². The van der Waals surface area contributed by atoms with E-state index in [1.165, 1.54) is 45.3 Å². The van der Waals surface area contributed by atoms with E-state index in [1.54, 1.807) is 119 Å². The largest absolute Gasteiger partial charge is 0.456 e. The Kier molecular flexibility index (Phi) is 9.81.